The zero-order valence-corrected chi connectivity index (χ0v) is 13.7. The van der Waals surface area contributed by atoms with Crippen LogP contribution in [-0.4, -0.2) is 77.1 Å². The molecule has 1 aromatic rings. The summed E-state index contributed by atoms with van der Waals surface area (Å²) in [6, 6.07) is -0.0737. The largest absolute Gasteiger partial charge is 0.408 e. The summed E-state index contributed by atoms with van der Waals surface area (Å²) >= 11 is 0. The molecular weight excluding hydrogens is 325 g/mol. The number of hydrogen-bond acceptors (Lipinski definition) is 4. The topological polar surface area (TPSA) is 50.6 Å². The van der Waals surface area contributed by atoms with Crippen LogP contribution in [0.4, 0.5) is 13.2 Å². The van der Waals surface area contributed by atoms with Crippen LogP contribution < -0.4 is 0 Å². The van der Waals surface area contributed by atoms with Gasteiger partial charge in [0, 0.05) is 25.8 Å². The highest BCUT2D eigenvalue weighted by molar-refractivity contribution is 5.95. The number of ether oxygens (including phenoxy) is 1. The Kier molecular flexibility index (Phi) is 4.56. The predicted molar refractivity (Wildman–Crippen MR) is 79.7 cm³/mol. The first-order valence-corrected chi connectivity index (χ1v) is 7.96. The highest BCUT2D eigenvalue weighted by atomic mass is 19.4. The Balaban J connectivity index is 1.80. The first kappa shape index (κ1) is 17.2. The molecule has 0 bridgehead atoms. The number of halogens is 3. The number of hydrogen-bond donors (Lipinski definition) is 0. The third kappa shape index (κ3) is 3.56. The Hall–Kier alpha value is -1.61. The normalized spacial score (nSPS) is 25.6. The van der Waals surface area contributed by atoms with E-state index >= 15 is 0 Å². The molecule has 0 unspecified atom stereocenters. The van der Waals surface area contributed by atoms with Crippen molar-refractivity contribution in [2.24, 2.45) is 0 Å². The van der Waals surface area contributed by atoms with Gasteiger partial charge in [0.05, 0.1) is 30.0 Å². The Labute approximate surface area is 138 Å². The highest BCUT2D eigenvalue weighted by Gasteiger charge is 2.39. The molecule has 0 N–H and O–H groups in total. The summed E-state index contributed by atoms with van der Waals surface area (Å²) in [6.07, 6.45) is -2.33. The smallest absolute Gasteiger partial charge is 0.374 e. The van der Waals surface area contributed by atoms with Gasteiger partial charge in [-0.3, -0.25) is 9.48 Å². The molecule has 0 saturated carbocycles. The molecule has 9 heteroatoms. The van der Waals surface area contributed by atoms with Gasteiger partial charge in [-0.05, 0) is 20.4 Å². The maximum atomic E-state index is 12.9. The highest BCUT2D eigenvalue weighted by Crippen LogP contribution is 2.25. The minimum atomic E-state index is -4.37. The van der Waals surface area contributed by atoms with Gasteiger partial charge in [0.15, 0.2) is 0 Å². The number of aromatic nitrogens is 2. The van der Waals surface area contributed by atoms with E-state index < -0.39 is 12.7 Å². The molecule has 1 amide bonds. The second-order valence-electron chi connectivity index (χ2n) is 6.47. The second kappa shape index (κ2) is 6.36. The Morgan fingerprint density at radius 1 is 1.42 bits per heavy atom. The number of carbonyl (C=O) groups excluding carboxylic acids is 1. The minimum Gasteiger partial charge on any atom is -0.374 e. The SMILES string of the molecule is Cc1nn(CC(F)(F)F)cc1C(=O)N1CCO[C@@H]2CCN(C)C[C@@H]21. The number of amides is 1. The molecule has 0 aromatic carbocycles. The maximum Gasteiger partial charge on any atom is 0.408 e. The molecule has 0 radical (unpaired) electrons. The van der Waals surface area contributed by atoms with Crippen LogP contribution in [0.1, 0.15) is 22.5 Å². The van der Waals surface area contributed by atoms with Crippen molar-refractivity contribution in [2.45, 2.75) is 38.2 Å². The number of fused-ring (bicyclic) bond motifs is 1. The number of morpholine rings is 1. The van der Waals surface area contributed by atoms with E-state index in [9.17, 15) is 18.0 Å². The van der Waals surface area contributed by atoms with Crippen LogP contribution in [-0.2, 0) is 11.3 Å². The summed E-state index contributed by atoms with van der Waals surface area (Å²) in [4.78, 5) is 16.7. The van der Waals surface area contributed by atoms with Crippen molar-refractivity contribution in [3.63, 3.8) is 0 Å². The van der Waals surface area contributed by atoms with Crippen LogP contribution in [0.5, 0.6) is 0 Å². The van der Waals surface area contributed by atoms with Gasteiger partial charge in [0.2, 0.25) is 0 Å². The molecule has 134 valence electrons. The molecule has 24 heavy (non-hydrogen) atoms. The van der Waals surface area contributed by atoms with Crippen LogP contribution in [0.15, 0.2) is 6.20 Å². The summed E-state index contributed by atoms with van der Waals surface area (Å²) in [5.41, 5.74) is 0.546. The van der Waals surface area contributed by atoms with Crippen molar-refractivity contribution in [1.82, 2.24) is 19.6 Å². The van der Waals surface area contributed by atoms with Gasteiger partial charge < -0.3 is 14.5 Å². The van der Waals surface area contributed by atoms with E-state index in [0.29, 0.717) is 25.4 Å². The first-order chi connectivity index (χ1) is 11.2. The summed E-state index contributed by atoms with van der Waals surface area (Å²) < 4.78 is 44.1. The lowest BCUT2D eigenvalue weighted by molar-refractivity contribution is -0.142. The van der Waals surface area contributed by atoms with Gasteiger partial charge >= 0.3 is 6.18 Å². The van der Waals surface area contributed by atoms with Crippen molar-refractivity contribution in [3.8, 4) is 0 Å². The van der Waals surface area contributed by atoms with Crippen molar-refractivity contribution >= 4 is 5.91 Å². The fourth-order valence-electron chi connectivity index (χ4n) is 3.43. The fourth-order valence-corrected chi connectivity index (χ4v) is 3.43. The molecule has 3 heterocycles. The average molecular weight is 346 g/mol. The number of likely N-dealkylation sites (tertiary alicyclic amines) is 1. The number of rotatable bonds is 2. The van der Waals surface area contributed by atoms with Crippen LogP contribution in [0.3, 0.4) is 0 Å². The number of carbonyl (C=O) groups is 1. The zero-order valence-electron chi connectivity index (χ0n) is 13.7. The number of piperidine rings is 1. The molecular formula is C15H21F3N4O2. The van der Waals surface area contributed by atoms with Crippen LogP contribution in [0.25, 0.3) is 0 Å². The quantitative estimate of drug-likeness (QED) is 0.810. The Morgan fingerprint density at radius 2 is 2.17 bits per heavy atom. The Morgan fingerprint density at radius 3 is 2.88 bits per heavy atom. The van der Waals surface area contributed by atoms with E-state index in [-0.39, 0.29) is 23.6 Å². The van der Waals surface area contributed by atoms with Crippen molar-refractivity contribution in [2.75, 3.05) is 33.3 Å². The maximum absolute atomic E-state index is 12.9. The number of aryl methyl sites for hydroxylation is 1. The van der Waals surface area contributed by atoms with E-state index in [0.717, 1.165) is 17.6 Å². The van der Waals surface area contributed by atoms with Gasteiger partial charge in [-0.1, -0.05) is 0 Å². The van der Waals surface area contributed by atoms with E-state index in [2.05, 4.69) is 10.00 Å². The number of alkyl halides is 3. The summed E-state index contributed by atoms with van der Waals surface area (Å²) in [5, 5.41) is 3.84. The summed E-state index contributed by atoms with van der Waals surface area (Å²) in [7, 11) is 1.99. The van der Waals surface area contributed by atoms with Gasteiger partial charge in [-0.25, -0.2) is 0 Å². The molecule has 1 aromatic heterocycles. The van der Waals surface area contributed by atoms with Gasteiger partial charge in [-0.2, -0.15) is 18.3 Å². The lowest BCUT2D eigenvalue weighted by Crippen LogP contribution is -2.60. The Bertz CT molecular complexity index is 616. The van der Waals surface area contributed by atoms with Gasteiger partial charge in [0.25, 0.3) is 5.91 Å². The summed E-state index contributed by atoms with van der Waals surface area (Å²) in [6.45, 7) is 2.87. The third-order valence-corrected chi connectivity index (χ3v) is 4.57. The average Bonchev–Trinajstić information content (AvgIpc) is 2.84. The zero-order chi connectivity index (χ0) is 17.5. The van der Waals surface area contributed by atoms with Crippen LogP contribution in [0.2, 0.25) is 0 Å². The van der Waals surface area contributed by atoms with Crippen molar-refractivity contribution in [1.29, 1.82) is 0 Å². The van der Waals surface area contributed by atoms with E-state index in [1.54, 1.807) is 11.8 Å². The second-order valence-corrected chi connectivity index (χ2v) is 6.47. The third-order valence-electron chi connectivity index (χ3n) is 4.57. The van der Waals surface area contributed by atoms with Crippen molar-refractivity contribution in [3.05, 3.63) is 17.5 Å². The lowest BCUT2D eigenvalue weighted by atomic mass is 9.98. The molecule has 2 atom stereocenters. The van der Waals surface area contributed by atoms with Gasteiger partial charge in [-0.15, -0.1) is 0 Å². The standard InChI is InChI=1S/C15H21F3N4O2/c1-10-11(7-21(19-10)9-15(16,17)18)14(23)22-5-6-24-13-3-4-20(2)8-12(13)22/h7,12-13H,3-6,8-9H2,1-2H3/t12-,13+/m0/s1. The monoisotopic (exact) mass is 346 g/mol. The first-order valence-electron chi connectivity index (χ1n) is 7.96. The molecule has 0 spiro atoms. The van der Waals surface area contributed by atoms with E-state index in [1.165, 1.54) is 6.20 Å². The van der Waals surface area contributed by atoms with E-state index in [4.69, 9.17) is 4.74 Å². The van der Waals surface area contributed by atoms with E-state index in [1.807, 2.05) is 7.05 Å². The van der Waals surface area contributed by atoms with Crippen LogP contribution >= 0.6 is 0 Å². The van der Waals surface area contributed by atoms with Crippen molar-refractivity contribution < 1.29 is 22.7 Å². The molecule has 2 fully saturated rings. The molecule has 2 aliphatic heterocycles. The molecule has 6 nitrogen and oxygen atoms in total. The fraction of sp³-hybridized carbons (Fsp3) is 0.733. The molecule has 2 aliphatic rings. The number of likely N-dealkylation sites (N-methyl/N-ethyl adjacent to an activating group) is 1. The molecule has 3 rings (SSSR count). The molecule has 0 aliphatic carbocycles. The summed E-state index contributed by atoms with van der Waals surface area (Å²) in [5.74, 6) is -0.269. The predicted octanol–water partition coefficient (Wildman–Crippen LogP) is 1.30. The lowest BCUT2D eigenvalue weighted by Gasteiger charge is -2.46. The van der Waals surface area contributed by atoms with Crippen LogP contribution in [0, 0.1) is 6.92 Å². The number of nitrogens with zero attached hydrogens (tertiary/aromatic N) is 4. The minimum absolute atomic E-state index is 0.00979. The van der Waals surface area contributed by atoms with Gasteiger partial charge in [0.1, 0.15) is 6.54 Å². The molecule has 2 saturated heterocycles.